The van der Waals surface area contributed by atoms with Crippen molar-refractivity contribution in [3.05, 3.63) is 22.9 Å². The molecule has 0 amide bonds. The second-order valence-corrected chi connectivity index (χ2v) is 6.59. The normalized spacial score (nSPS) is 11.0. The second-order valence-electron chi connectivity index (χ2n) is 4.33. The molecule has 98 valence electrons. The summed E-state index contributed by atoms with van der Waals surface area (Å²) in [6.07, 6.45) is 1.71. The van der Waals surface area contributed by atoms with E-state index in [1.807, 2.05) is 19.9 Å². The number of anilines is 1. The smallest absolute Gasteiger partial charge is 0.147 e. The number of aryl methyl sites for hydroxylation is 2. The largest absolute Gasteiger partial charge is 0.369 e. The molecule has 0 aromatic carbocycles. The maximum absolute atomic E-state index is 11.0. The van der Waals surface area contributed by atoms with Gasteiger partial charge in [-0.3, -0.25) is 0 Å². The van der Waals surface area contributed by atoms with Crippen molar-refractivity contribution in [3.8, 4) is 6.07 Å². The van der Waals surface area contributed by atoms with E-state index in [-0.39, 0.29) is 5.75 Å². The van der Waals surface area contributed by atoms with Crippen LogP contribution in [0, 0.1) is 25.2 Å². The van der Waals surface area contributed by atoms with Gasteiger partial charge in [0.2, 0.25) is 0 Å². The third-order valence-corrected chi connectivity index (χ3v) is 3.47. The fraction of sp³-hybridized carbons (Fsp3) is 0.500. The summed E-state index contributed by atoms with van der Waals surface area (Å²) in [5, 5.41) is 12.1. The van der Waals surface area contributed by atoms with Crippen molar-refractivity contribution in [3.63, 3.8) is 0 Å². The third-order valence-electron chi connectivity index (χ3n) is 2.44. The van der Waals surface area contributed by atoms with E-state index < -0.39 is 9.84 Å². The molecule has 0 bridgehead atoms. The zero-order valence-corrected chi connectivity index (χ0v) is 11.6. The van der Waals surface area contributed by atoms with Gasteiger partial charge in [-0.25, -0.2) is 13.4 Å². The summed E-state index contributed by atoms with van der Waals surface area (Å²) in [4.78, 5) is 4.26. The van der Waals surface area contributed by atoms with Gasteiger partial charge in [0, 0.05) is 18.5 Å². The van der Waals surface area contributed by atoms with Gasteiger partial charge in [-0.1, -0.05) is 0 Å². The Kier molecular flexibility index (Phi) is 4.68. The summed E-state index contributed by atoms with van der Waals surface area (Å²) in [5.74, 6) is 0.663. The first-order valence-electron chi connectivity index (χ1n) is 5.63. The molecular weight excluding hydrogens is 250 g/mol. The van der Waals surface area contributed by atoms with Crippen molar-refractivity contribution in [2.24, 2.45) is 0 Å². The Bertz CT molecular complexity index is 574. The molecule has 1 aromatic heterocycles. The Hall–Kier alpha value is -1.61. The van der Waals surface area contributed by atoms with Crippen LogP contribution >= 0.6 is 0 Å². The first kappa shape index (κ1) is 14.5. The van der Waals surface area contributed by atoms with Crippen LogP contribution in [0.3, 0.4) is 0 Å². The van der Waals surface area contributed by atoms with Crippen LogP contribution in [0.1, 0.15) is 23.2 Å². The van der Waals surface area contributed by atoms with Crippen LogP contribution < -0.4 is 5.32 Å². The van der Waals surface area contributed by atoms with Gasteiger partial charge in [-0.05, 0) is 31.9 Å². The predicted octanol–water partition coefficient (Wildman–Crippen LogP) is 1.42. The highest BCUT2D eigenvalue weighted by atomic mass is 32.2. The van der Waals surface area contributed by atoms with Crippen molar-refractivity contribution in [2.45, 2.75) is 20.3 Å². The van der Waals surface area contributed by atoms with Crippen molar-refractivity contribution in [1.29, 1.82) is 5.26 Å². The van der Waals surface area contributed by atoms with E-state index >= 15 is 0 Å². The molecule has 0 unspecified atom stereocenters. The SMILES string of the molecule is Cc1cc(C)c(C#N)c(NCCCS(C)(=O)=O)n1. The van der Waals surface area contributed by atoms with Crippen LogP contribution in [0.2, 0.25) is 0 Å². The van der Waals surface area contributed by atoms with Crippen molar-refractivity contribution in [1.82, 2.24) is 4.98 Å². The zero-order chi connectivity index (χ0) is 13.8. The van der Waals surface area contributed by atoms with E-state index in [2.05, 4.69) is 16.4 Å². The Labute approximate surface area is 108 Å². The van der Waals surface area contributed by atoms with Gasteiger partial charge < -0.3 is 5.32 Å². The molecule has 0 saturated carbocycles. The monoisotopic (exact) mass is 267 g/mol. The number of hydrogen-bond acceptors (Lipinski definition) is 5. The van der Waals surface area contributed by atoms with E-state index in [0.717, 1.165) is 11.3 Å². The maximum atomic E-state index is 11.0. The molecule has 0 saturated heterocycles. The van der Waals surface area contributed by atoms with Crippen LogP contribution in [0.15, 0.2) is 6.07 Å². The minimum atomic E-state index is -2.94. The van der Waals surface area contributed by atoms with E-state index in [4.69, 9.17) is 5.26 Å². The number of aromatic nitrogens is 1. The van der Waals surface area contributed by atoms with Gasteiger partial charge in [0.1, 0.15) is 21.7 Å². The van der Waals surface area contributed by atoms with Gasteiger partial charge >= 0.3 is 0 Å². The minimum absolute atomic E-state index is 0.132. The van der Waals surface area contributed by atoms with E-state index in [1.54, 1.807) is 0 Å². The molecule has 1 aromatic rings. The van der Waals surface area contributed by atoms with Crippen molar-refractivity contribution >= 4 is 15.7 Å². The molecule has 6 heteroatoms. The molecule has 18 heavy (non-hydrogen) atoms. The lowest BCUT2D eigenvalue weighted by Gasteiger charge is -2.09. The van der Waals surface area contributed by atoms with Gasteiger partial charge in [-0.15, -0.1) is 0 Å². The molecule has 1 N–H and O–H groups in total. The third kappa shape index (κ3) is 4.34. The second kappa shape index (κ2) is 5.83. The first-order chi connectivity index (χ1) is 8.33. The van der Waals surface area contributed by atoms with Gasteiger partial charge in [0.15, 0.2) is 0 Å². The van der Waals surface area contributed by atoms with E-state index in [1.165, 1.54) is 6.26 Å². The first-order valence-corrected chi connectivity index (χ1v) is 7.69. The molecule has 0 aliphatic carbocycles. The van der Waals surface area contributed by atoms with Crippen LogP contribution in [-0.2, 0) is 9.84 Å². The molecule has 1 heterocycles. The van der Waals surface area contributed by atoms with E-state index in [9.17, 15) is 8.42 Å². The Morgan fingerprint density at radius 2 is 2.11 bits per heavy atom. The molecule has 0 fully saturated rings. The molecule has 1 rings (SSSR count). The molecule has 0 spiro atoms. The maximum Gasteiger partial charge on any atom is 0.147 e. The molecule has 0 aliphatic rings. The minimum Gasteiger partial charge on any atom is -0.369 e. The topological polar surface area (TPSA) is 82.9 Å². The highest BCUT2D eigenvalue weighted by Gasteiger charge is 2.08. The van der Waals surface area contributed by atoms with Gasteiger partial charge in [0.25, 0.3) is 0 Å². The number of hydrogen-bond donors (Lipinski definition) is 1. The summed E-state index contributed by atoms with van der Waals surface area (Å²) in [6, 6.07) is 3.95. The molecular formula is C12H17N3O2S. The van der Waals surface area contributed by atoms with Crippen molar-refractivity contribution < 1.29 is 8.42 Å². The summed E-state index contributed by atoms with van der Waals surface area (Å²) >= 11 is 0. The standard InChI is InChI=1S/C12H17N3O2S/c1-9-7-10(2)15-12(11(9)8-13)14-5-4-6-18(3,16)17/h7H,4-6H2,1-3H3,(H,14,15). The number of sulfone groups is 1. The highest BCUT2D eigenvalue weighted by Crippen LogP contribution is 2.17. The summed E-state index contributed by atoms with van der Waals surface area (Å²) in [7, 11) is -2.94. The Morgan fingerprint density at radius 3 is 2.67 bits per heavy atom. The highest BCUT2D eigenvalue weighted by molar-refractivity contribution is 7.90. The van der Waals surface area contributed by atoms with Gasteiger partial charge in [-0.2, -0.15) is 5.26 Å². The van der Waals surface area contributed by atoms with E-state index in [0.29, 0.717) is 24.3 Å². The molecule has 5 nitrogen and oxygen atoms in total. The molecule has 0 aliphatic heterocycles. The molecule has 0 radical (unpaired) electrons. The Morgan fingerprint density at radius 1 is 1.44 bits per heavy atom. The van der Waals surface area contributed by atoms with Crippen LogP contribution in [0.25, 0.3) is 0 Å². The van der Waals surface area contributed by atoms with Crippen LogP contribution in [0.5, 0.6) is 0 Å². The van der Waals surface area contributed by atoms with Crippen LogP contribution in [0.4, 0.5) is 5.82 Å². The number of nitriles is 1. The number of nitrogens with zero attached hydrogens (tertiary/aromatic N) is 2. The van der Waals surface area contributed by atoms with Gasteiger partial charge in [0.05, 0.1) is 11.3 Å². The average Bonchev–Trinajstić information content (AvgIpc) is 2.22. The summed E-state index contributed by atoms with van der Waals surface area (Å²) in [5.41, 5.74) is 2.22. The average molecular weight is 267 g/mol. The lowest BCUT2D eigenvalue weighted by atomic mass is 10.1. The number of rotatable bonds is 5. The van der Waals surface area contributed by atoms with Crippen LogP contribution in [-0.4, -0.2) is 32.0 Å². The summed E-state index contributed by atoms with van der Waals surface area (Å²) in [6.45, 7) is 4.20. The fourth-order valence-corrected chi connectivity index (χ4v) is 2.32. The number of nitrogens with one attached hydrogen (secondary N) is 1. The Balaban J connectivity index is 2.71. The predicted molar refractivity (Wildman–Crippen MR) is 71.2 cm³/mol. The zero-order valence-electron chi connectivity index (χ0n) is 10.8. The van der Waals surface area contributed by atoms with Crippen molar-refractivity contribution in [2.75, 3.05) is 23.9 Å². The molecule has 0 atom stereocenters. The summed E-state index contributed by atoms with van der Waals surface area (Å²) < 4.78 is 22.0. The lowest BCUT2D eigenvalue weighted by molar-refractivity contribution is 0.600. The fourth-order valence-electron chi connectivity index (χ4n) is 1.65. The number of pyridine rings is 1. The lowest BCUT2D eigenvalue weighted by Crippen LogP contribution is -2.12. The quantitative estimate of drug-likeness (QED) is 0.816.